The Morgan fingerprint density at radius 3 is 0.863 bits per heavy atom. The zero-order valence-corrected chi connectivity index (χ0v) is 63.1. The summed E-state index contributed by atoms with van der Waals surface area (Å²) in [5.74, 6) is -1.36. The molecule has 0 amide bonds. The Bertz CT molecular complexity index is 1920. The average molecular weight is 1390 g/mol. The summed E-state index contributed by atoms with van der Waals surface area (Å²) in [6, 6.07) is 0. The molecule has 0 rings (SSSR count). The van der Waals surface area contributed by atoms with Crippen LogP contribution in [0.4, 0.5) is 0 Å². The van der Waals surface area contributed by atoms with Crippen LogP contribution in [-0.2, 0) is 65.4 Å². The molecule has 0 aromatic heterocycles. The molecule has 19 heteroatoms. The number of aliphatic hydroxyl groups excluding tert-OH is 1. The first-order chi connectivity index (χ1) is 46.0. The van der Waals surface area contributed by atoms with Crippen LogP contribution in [0.1, 0.15) is 375 Å². The fourth-order valence-corrected chi connectivity index (χ4v) is 12.7. The minimum Gasteiger partial charge on any atom is -0.462 e. The number of carbonyl (C=O) groups excluding carboxylic acids is 4. The number of unbranched alkanes of at least 4 members (excludes halogenated alkanes) is 43. The summed E-state index contributed by atoms with van der Waals surface area (Å²) in [5.41, 5.74) is 0. The molecule has 17 nitrogen and oxygen atoms in total. The zero-order chi connectivity index (χ0) is 69.8. The second-order valence-electron chi connectivity index (χ2n) is 27.2. The number of phosphoric ester groups is 2. The van der Waals surface area contributed by atoms with Gasteiger partial charge in [-0.2, -0.15) is 0 Å². The third-order valence-electron chi connectivity index (χ3n) is 17.2. The quantitative estimate of drug-likeness (QED) is 0.0169. The van der Waals surface area contributed by atoms with Gasteiger partial charge in [-0.1, -0.05) is 322 Å². The topological polar surface area (TPSA) is 237 Å². The van der Waals surface area contributed by atoms with Crippen molar-refractivity contribution in [2.75, 3.05) is 39.6 Å². The van der Waals surface area contributed by atoms with Crippen LogP contribution in [0.2, 0.25) is 0 Å². The summed E-state index contributed by atoms with van der Waals surface area (Å²) in [7, 11) is -9.92. The molecule has 560 valence electrons. The van der Waals surface area contributed by atoms with Gasteiger partial charge in [0.2, 0.25) is 0 Å². The molecule has 0 aliphatic heterocycles. The lowest BCUT2D eigenvalue weighted by Gasteiger charge is -2.21. The second kappa shape index (κ2) is 68.7. The Kier molecular flexibility index (Phi) is 66.9. The van der Waals surface area contributed by atoms with Gasteiger partial charge in [-0.05, 0) is 57.3 Å². The molecule has 0 bridgehead atoms. The maximum atomic E-state index is 13.1. The molecule has 0 aromatic carbocycles. The molecular formula is C76H144O17P2. The van der Waals surface area contributed by atoms with Gasteiger partial charge in [0, 0.05) is 25.7 Å². The molecule has 0 fully saturated rings. The van der Waals surface area contributed by atoms with E-state index in [0.717, 1.165) is 115 Å². The first kappa shape index (κ1) is 92.5. The van der Waals surface area contributed by atoms with Crippen molar-refractivity contribution < 1.29 is 80.2 Å². The first-order valence-electron chi connectivity index (χ1n) is 39.0. The van der Waals surface area contributed by atoms with E-state index < -0.39 is 97.5 Å². The summed E-state index contributed by atoms with van der Waals surface area (Å²) < 4.78 is 68.5. The van der Waals surface area contributed by atoms with Crippen LogP contribution in [0.5, 0.6) is 0 Å². The van der Waals surface area contributed by atoms with Gasteiger partial charge in [-0.25, -0.2) is 9.13 Å². The van der Waals surface area contributed by atoms with Crippen LogP contribution in [0.25, 0.3) is 0 Å². The smallest absolute Gasteiger partial charge is 0.462 e. The van der Waals surface area contributed by atoms with E-state index in [2.05, 4.69) is 58.9 Å². The van der Waals surface area contributed by atoms with Gasteiger partial charge < -0.3 is 33.8 Å². The predicted molar refractivity (Wildman–Crippen MR) is 386 cm³/mol. The van der Waals surface area contributed by atoms with E-state index in [1.807, 2.05) is 0 Å². The van der Waals surface area contributed by atoms with Crippen LogP contribution in [-0.4, -0.2) is 96.7 Å². The Balaban J connectivity index is 5.29. The molecule has 3 N–H and O–H groups in total. The van der Waals surface area contributed by atoms with E-state index in [1.165, 1.54) is 180 Å². The zero-order valence-electron chi connectivity index (χ0n) is 61.3. The molecule has 0 aliphatic rings. The molecule has 0 aliphatic carbocycles. The number of rotatable bonds is 74. The van der Waals surface area contributed by atoms with Crippen molar-refractivity contribution in [2.24, 2.45) is 5.92 Å². The molecule has 95 heavy (non-hydrogen) atoms. The summed E-state index contributed by atoms with van der Waals surface area (Å²) >= 11 is 0. The lowest BCUT2D eigenvalue weighted by Crippen LogP contribution is -2.30. The molecule has 2 unspecified atom stereocenters. The second-order valence-corrected chi connectivity index (χ2v) is 30.1. The summed E-state index contributed by atoms with van der Waals surface area (Å²) in [5, 5.41) is 10.6. The van der Waals surface area contributed by atoms with Gasteiger partial charge in [-0.3, -0.25) is 37.3 Å². The maximum absolute atomic E-state index is 13.1. The lowest BCUT2D eigenvalue weighted by atomic mass is 10.0. The normalized spacial score (nSPS) is 14.1. The van der Waals surface area contributed by atoms with E-state index in [0.29, 0.717) is 25.7 Å². The highest BCUT2D eigenvalue weighted by molar-refractivity contribution is 7.47. The standard InChI is InChI=1S/C76H144O17P2/c1-6-9-12-15-18-21-24-27-28-31-36-40-45-50-55-60-74(79)87-66-72(93-76(81)62-57-52-47-42-37-32-29-30-33-38-43-48-53-58-69(4)5)68-91-95(84,85)89-64-70(77)63-88-94(82,83)90-67-71(92-75(80)61-56-51-46-41-35-26-23-20-17-14-11-8-3)65-86-73(78)59-54-49-44-39-34-25-22-19-16-13-10-7-2/h21,24,27-28,69-72,77H,6-20,22-23,25-26,29-68H2,1-5H3,(H,82,83)(H,84,85)/b24-21-,28-27-/t70-,71+,72+/m0/s1. The monoisotopic (exact) mass is 1390 g/mol. The van der Waals surface area contributed by atoms with Crippen molar-refractivity contribution in [1.29, 1.82) is 0 Å². The van der Waals surface area contributed by atoms with Crippen molar-refractivity contribution in [2.45, 2.75) is 393 Å². The van der Waals surface area contributed by atoms with E-state index >= 15 is 0 Å². The van der Waals surface area contributed by atoms with Crippen molar-refractivity contribution in [3.8, 4) is 0 Å². The molecule has 0 heterocycles. The van der Waals surface area contributed by atoms with Crippen LogP contribution in [0.3, 0.4) is 0 Å². The van der Waals surface area contributed by atoms with Gasteiger partial charge in [-0.15, -0.1) is 0 Å². The van der Waals surface area contributed by atoms with Crippen molar-refractivity contribution in [1.82, 2.24) is 0 Å². The SMILES string of the molecule is CCCCCC/C=C\C=C/CCCCCCCC(=O)OC[C@H](COP(=O)(O)OC[C@@H](O)COP(=O)(O)OC[C@@H](COC(=O)CCCCCCCCCCCCCC)OC(=O)CCCCCCCCCCCCCC)OC(=O)CCCCCCCCCCCCCCCC(C)C. The van der Waals surface area contributed by atoms with E-state index in [-0.39, 0.29) is 25.7 Å². The highest BCUT2D eigenvalue weighted by atomic mass is 31.2. The number of hydrogen-bond acceptors (Lipinski definition) is 15. The Morgan fingerprint density at radius 2 is 0.568 bits per heavy atom. The molecule has 0 spiro atoms. The number of allylic oxidation sites excluding steroid dienone is 4. The van der Waals surface area contributed by atoms with Crippen LogP contribution in [0.15, 0.2) is 24.3 Å². The van der Waals surface area contributed by atoms with Crippen LogP contribution >= 0.6 is 15.6 Å². The molecule has 0 saturated heterocycles. The Labute approximate surface area is 580 Å². The van der Waals surface area contributed by atoms with Crippen LogP contribution in [0, 0.1) is 5.92 Å². The van der Waals surface area contributed by atoms with Gasteiger partial charge in [0.15, 0.2) is 12.2 Å². The minimum atomic E-state index is -4.96. The number of ether oxygens (including phenoxy) is 4. The van der Waals surface area contributed by atoms with Crippen molar-refractivity contribution in [3.63, 3.8) is 0 Å². The van der Waals surface area contributed by atoms with E-state index in [4.69, 9.17) is 37.0 Å². The van der Waals surface area contributed by atoms with Gasteiger partial charge >= 0.3 is 39.5 Å². The number of carbonyl (C=O) groups is 4. The van der Waals surface area contributed by atoms with Crippen LogP contribution < -0.4 is 0 Å². The van der Waals surface area contributed by atoms with Gasteiger partial charge in [0.05, 0.1) is 26.4 Å². The average Bonchev–Trinajstić information content (AvgIpc) is 2.68. The van der Waals surface area contributed by atoms with Crippen molar-refractivity contribution in [3.05, 3.63) is 24.3 Å². The van der Waals surface area contributed by atoms with E-state index in [1.54, 1.807) is 0 Å². The first-order valence-corrected chi connectivity index (χ1v) is 41.9. The molecule has 0 radical (unpaired) electrons. The number of hydrogen-bond donors (Lipinski definition) is 3. The fourth-order valence-electron chi connectivity index (χ4n) is 11.2. The fraction of sp³-hybridized carbons (Fsp3) is 0.895. The maximum Gasteiger partial charge on any atom is 0.472 e. The molecule has 0 aromatic rings. The van der Waals surface area contributed by atoms with Gasteiger partial charge in [0.25, 0.3) is 0 Å². The third-order valence-corrected chi connectivity index (χ3v) is 19.1. The van der Waals surface area contributed by atoms with Gasteiger partial charge in [0.1, 0.15) is 19.3 Å². The Morgan fingerprint density at radius 1 is 0.326 bits per heavy atom. The summed E-state index contributed by atoms with van der Waals surface area (Å²) in [4.78, 5) is 72.8. The van der Waals surface area contributed by atoms with E-state index in [9.17, 15) is 43.2 Å². The third kappa shape index (κ3) is 69.8. The predicted octanol–water partition coefficient (Wildman–Crippen LogP) is 22.0. The summed E-state index contributed by atoms with van der Waals surface area (Å²) in [6.45, 7) is 7.24. The van der Waals surface area contributed by atoms with Crippen molar-refractivity contribution >= 4 is 39.5 Å². The minimum absolute atomic E-state index is 0.101. The number of esters is 4. The molecular weight excluding hydrogens is 1250 g/mol. The largest absolute Gasteiger partial charge is 0.472 e. The molecule has 5 atom stereocenters. The highest BCUT2D eigenvalue weighted by Gasteiger charge is 2.30. The number of aliphatic hydroxyl groups is 1. The Hall–Kier alpha value is -2.46. The highest BCUT2D eigenvalue weighted by Crippen LogP contribution is 2.45. The summed E-state index contributed by atoms with van der Waals surface area (Å²) in [6.07, 6.45) is 60.2. The molecule has 0 saturated carbocycles. The lowest BCUT2D eigenvalue weighted by molar-refractivity contribution is -0.161. The number of phosphoric acid groups is 2.